The van der Waals surface area contributed by atoms with Crippen molar-refractivity contribution >= 4 is 53.0 Å². The standard InChI is InChI=1S/C27H29Cl2N3O9/c1-6-16-21(41-24(34)12(2)3)14(5)39-27(37)18(11-38-25(16)35)32-23(33)19-20(13(4)7-8-30-19)40-26(36)17-9-15(28)10-31-22(17)29/h7-10,12,14,16,18,21H,6,11H2,1-5H3,(H,32,33). The molecule has 1 amide bonds. The number of pyridine rings is 2. The summed E-state index contributed by atoms with van der Waals surface area (Å²) in [6.07, 6.45) is 0.654. The largest absolute Gasteiger partial charge is 0.463 e. The van der Waals surface area contributed by atoms with E-state index >= 15 is 0 Å². The van der Waals surface area contributed by atoms with E-state index < -0.39 is 66.5 Å². The van der Waals surface area contributed by atoms with E-state index in [0.717, 1.165) is 0 Å². The fourth-order valence-corrected chi connectivity index (χ4v) is 4.20. The van der Waals surface area contributed by atoms with Gasteiger partial charge in [0.05, 0.1) is 22.4 Å². The lowest BCUT2D eigenvalue weighted by Gasteiger charge is -2.29. The smallest absolute Gasteiger partial charge is 0.346 e. The van der Waals surface area contributed by atoms with Gasteiger partial charge in [-0.3, -0.25) is 14.4 Å². The number of aryl methyl sites for hydroxylation is 1. The molecule has 0 aromatic carbocycles. The summed E-state index contributed by atoms with van der Waals surface area (Å²) in [5.74, 6) is -5.72. The lowest BCUT2D eigenvalue weighted by Crippen LogP contribution is -2.47. The Balaban J connectivity index is 1.85. The van der Waals surface area contributed by atoms with Crippen molar-refractivity contribution in [2.75, 3.05) is 6.61 Å². The van der Waals surface area contributed by atoms with E-state index in [0.29, 0.717) is 5.56 Å². The number of ether oxygens (including phenoxy) is 4. The van der Waals surface area contributed by atoms with Gasteiger partial charge in [-0.25, -0.2) is 19.6 Å². The molecule has 3 rings (SSSR count). The van der Waals surface area contributed by atoms with Crippen LogP contribution in [0.5, 0.6) is 5.75 Å². The van der Waals surface area contributed by atoms with Gasteiger partial charge in [0.2, 0.25) is 0 Å². The van der Waals surface area contributed by atoms with Gasteiger partial charge in [0.1, 0.15) is 17.9 Å². The monoisotopic (exact) mass is 609 g/mol. The SMILES string of the molecule is CCC1C(=O)OCC(NC(=O)c2nccc(C)c2OC(=O)c2cc(Cl)cnc2Cl)C(=O)OC(C)C1OC(=O)C(C)C. The van der Waals surface area contributed by atoms with Gasteiger partial charge in [0.15, 0.2) is 23.6 Å². The molecule has 0 bridgehead atoms. The summed E-state index contributed by atoms with van der Waals surface area (Å²) in [6, 6.07) is 1.30. The maximum absolute atomic E-state index is 13.3. The second-order valence-electron chi connectivity index (χ2n) is 9.56. The number of hydrogen-bond donors (Lipinski definition) is 1. The maximum Gasteiger partial charge on any atom is 0.346 e. The van der Waals surface area contributed by atoms with Gasteiger partial charge >= 0.3 is 23.9 Å². The van der Waals surface area contributed by atoms with Crippen molar-refractivity contribution in [1.82, 2.24) is 15.3 Å². The molecule has 1 N–H and O–H groups in total. The second-order valence-corrected chi connectivity index (χ2v) is 10.4. The predicted molar refractivity (Wildman–Crippen MR) is 144 cm³/mol. The number of carbonyl (C=O) groups is 5. The van der Waals surface area contributed by atoms with Crippen molar-refractivity contribution in [2.24, 2.45) is 11.8 Å². The fraction of sp³-hybridized carbons (Fsp3) is 0.444. The van der Waals surface area contributed by atoms with E-state index in [2.05, 4.69) is 15.3 Å². The molecular weight excluding hydrogens is 581 g/mol. The van der Waals surface area contributed by atoms with Crippen LogP contribution < -0.4 is 10.1 Å². The van der Waals surface area contributed by atoms with Crippen LogP contribution in [-0.4, -0.2) is 64.6 Å². The summed E-state index contributed by atoms with van der Waals surface area (Å²) in [4.78, 5) is 72.1. The Bertz CT molecular complexity index is 1350. The molecule has 1 aliphatic heterocycles. The molecule has 4 atom stereocenters. The average molecular weight is 610 g/mol. The second kappa shape index (κ2) is 13.7. The molecule has 1 fully saturated rings. The highest BCUT2D eigenvalue weighted by Gasteiger charge is 2.41. The third-order valence-corrected chi connectivity index (χ3v) is 6.65. The minimum Gasteiger partial charge on any atom is -0.463 e. The highest BCUT2D eigenvalue weighted by Crippen LogP contribution is 2.26. The Morgan fingerprint density at radius 1 is 1.17 bits per heavy atom. The maximum atomic E-state index is 13.3. The van der Waals surface area contributed by atoms with Gasteiger partial charge in [-0.05, 0) is 38.0 Å². The molecule has 0 aliphatic carbocycles. The summed E-state index contributed by atoms with van der Waals surface area (Å²) in [6.45, 7) is 7.44. The van der Waals surface area contributed by atoms with Gasteiger partial charge in [-0.1, -0.05) is 44.0 Å². The van der Waals surface area contributed by atoms with Crippen molar-refractivity contribution in [2.45, 2.75) is 59.3 Å². The number of esters is 4. The third-order valence-electron chi connectivity index (χ3n) is 6.15. The van der Waals surface area contributed by atoms with Crippen LogP contribution in [-0.2, 0) is 28.6 Å². The summed E-state index contributed by atoms with van der Waals surface area (Å²) in [7, 11) is 0. The molecule has 14 heteroatoms. The van der Waals surface area contributed by atoms with Crippen LogP contribution in [0.4, 0.5) is 0 Å². The topological polar surface area (TPSA) is 160 Å². The molecule has 0 saturated carbocycles. The van der Waals surface area contributed by atoms with E-state index in [4.69, 9.17) is 42.1 Å². The van der Waals surface area contributed by atoms with Gasteiger partial charge in [0.25, 0.3) is 5.91 Å². The zero-order chi connectivity index (χ0) is 30.4. The van der Waals surface area contributed by atoms with E-state index in [9.17, 15) is 24.0 Å². The molecule has 3 heterocycles. The normalized spacial score (nSPS) is 21.1. The number of hydrogen-bond acceptors (Lipinski definition) is 11. The molecule has 0 radical (unpaired) electrons. The number of nitrogens with one attached hydrogen (secondary N) is 1. The lowest BCUT2D eigenvalue weighted by atomic mass is 9.95. The highest BCUT2D eigenvalue weighted by atomic mass is 35.5. The molecule has 2 aromatic heterocycles. The van der Waals surface area contributed by atoms with E-state index in [1.54, 1.807) is 27.7 Å². The number of aromatic nitrogens is 2. The van der Waals surface area contributed by atoms with Crippen molar-refractivity contribution < 1.29 is 42.9 Å². The average Bonchev–Trinajstić information content (AvgIpc) is 2.95. The lowest BCUT2D eigenvalue weighted by molar-refractivity contribution is -0.176. The molecule has 12 nitrogen and oxygen atoms in total. The minimum absolute atomic E-state index is 0.135. The Morgan fingerprint density at radius 3 is 2.54 bits per heavy atom. The van der Waals surface area contributed by atoms with E-state index in [1.807, 2.05) is 0 Å². The van der Waals surface area contributed by atoms with Crippen molar-refractivity contribution in [1.29, 1.82) is 0 Å². The van der Waals surface area contributed by atoms with Crippen LogP contribution in [0.3, 0.4) is 0 Å². The van der Waals surface area contributed by atoms with Gasteiger partial charge < -0.3 is 24.3 Å². The van der Waals surface area contributed by atoms with Crippen LogP contribution in [0.2, 0.25) is 10.2 Å². The quantitative estimate of drug-likeness (QED) is 0.278. The molecular formula is C27H29Cl2N3O9. The van der Waals surface area contributed by atoms with Crippen molar-refractivity contribution in [3.05, 3.63) is 51.5 Å². The van der Waals surface area contributed by atoms with Gasteiger partial charge in [-0.2, -0.15) is 0 Å². The molecule has 2 aromatic rings. The van der Waals surface area contributed by atoms with Crippen molar-refractivity contribution in [3.63, 3.8) is 0 Å². The van der Waals surface area contributed by atoms with Crippen LogP contribution in [0, 0.1) is 18.8 Å². The van der Waals surface area contributed by atoms with Crippen LogP contribution in [0.15, 0.2) is 24.5 Å². The number of amides is 1. The van der Waals surface area contributed by atoms with Crippen LogP contribution in [0.25, 0.3) is 0 Å². The first-order chi connectivity index (χ1) is 19.3. The highest BCUT2D eigenvalue weighted by molar-refractivity contribution is 6.34. The van der Waals surface area contributed by atoms with Crippen molar-refractivity contribution in [3.8, 4) is 5.75 Å². The predicted octanol–water partition coefficient (Wildman–Crippen LogP) is 3.49. The van der Waals surface area contributed by atoms with Crippen LogP contribution >= 0.6 is 23.2 Å². The zero-order valence-electron chi connectivity index (χ0n) is 22.9. The Kier molecular flexibility index (Phi) is 10.6. The molecule has 4 unspecified atom stereocenters. The molecule has 1 aliphatic rings. The van der Waals surface area contributed by atoms with Gasteiger partial charge in [0, 0.05) is 12.4 Å². The first kappa shape index (κ1) is 31.8. The minimum atomic E-state index is -1.46. The Hall–Kier alpha value is -3.77. The Labute approximate surface area is 246 Å². The summed E-state index contributed by atoms with van der Waals surface area (Å²) < 4.78 is 21.7. The molecule has 0 spiro atoms. The Morgan fingerprint density at radius 2 is 1.88 bits per heavy atom. The number of nitrogens with zero attached hydrogens (tertiary/aromatic N) is 2. The molecule has 41 heavy (non-hydrogen) atoms. The number of cyclic esters (lactones) is 2. The summed E-state index contributed by atoms with van der Waals surface area (Å²) >= 11 is 11.9. The first-order valence-corrected chi connectivity index (χ1v) is 13.5. The third kappa shape index (κ3) is 7.70. The van der Waals surface area contributed by atoms with Crippen LogP contribution in [0.1, 0.15) is 60.5 Å². The number of rotatable bonds is 7. The fourth-order valence-electron chi connectivity index (χ4n) is 3.86. The zero-order valence-corrected chi connectivity index (χ0v) is 24.4. The van der Waals surface area contributed by atoms with Gasteiger partial charge in [-0.15, -0.1) is 0 Å². The summed E-state index contributed by atoms with van der Waals surface area (Å²) in [5, 5.41) is 2.39. The number of carbonyl (C=O) groups excluding carboxylic acids is 5. The first-order valence-electron chi connectivity index (χ1n) is 12.7. The van der Waals surface area contributed by atoms with E-state index in [-0.39, 0.29) is 33.6 Å². The van der Waals surface area contributed by atoms with E-state index in [1.165, 1.54) is 31.5 Å². The molecule has 220 valence electrons. The summed E-state index contributed by atoms with van der Waals surface area (Å²) in [5.41, 5.74) is -0.123. The number of halogens is 2. The molecule has 1 saturated heterocycles.